The molecule has 4 aromatic rings. The summed E-state index contributed by atoms with van der Waals surface area (Å²) in [7, 11) is 0. The summed E-state index contributed by atoms with van der Waals surface area (Å²) in [4.78, 5) is 17.1. The summed E-state index contributed by atoms with van der Waals surface area (Å²) in [5, 5.41) is 0.618. The molecule has 26 heavy (non-hydrogen) atoms. The molecule has 0 saturated carbocycles. The number of carbonyl (C=O) groups is 1. The van der Waals surface area contributed by atoms with Crippen molar-refractivity contribution in [2.45, 2.75) is 0 Å². The van der Waals surface area contributed by atoms with Crippen molar-refractivity contribution in [3.05, 3.63) is 101 Å². The summed E-state index contributed by atoms with van der Waals surface area (Å²) < 4.78 is 1.92. The molecule has 0 unspecified atom stereocenters. The molecule has 0 aliphatic rings. The fourth-order valence-electron chi connectivity index (χ4n) is 2.84. The lowest BCUT2D eigenvalue weighted by Gasteiger charge is -2.03. The van der Waals surface area contributed by atoms with Crippen molar-refractivity contribution in [3.63, 3.8) is 0 Å². The Kier molecular flexibility index (Phi) is 4.38. The van der Waals surface area contributed by atoms with Crippen LogP contribution in [0.4, 0.5) is 0 Å². The summed E-state index contributed by atoms with van der Waals surface area (Å²) in [5.41, 5.74) is 4.10. The van der Waals surface area contributed by atoms with E-state index in [0.29, 0.717) is 10.6 Å². The van der Waals surface area contributed by atoms with Crippen molar-refractivity contribution < 1.29 is 4.79 Å². The first-order valence-corrected chi connectivity index (χ1v) is 8.59. The number of allylic oxidation sites excluding steroid dienone is 1. The maximum Gasteiger partial charge on any atom is 0.188 e. The van der Waals surface area contributed by atoms with Gasteiger partial charge < -0.3 is 4.40 Å². The van der Waals surface area contributed by atoms with Crippen LogP contribution < -0.4 is 0 Å². The molecule has 0 N–H and O–H groups in total. The van der Waals surface area contributed by atoms with Gasteiger partial charge in [0, 0.05) is 28.5 Å². The van der Waals surface area contributed by atoms with E-state index in [1.54, 1.807) is 24.4 Å². The van der Waals surface area contributed by atoms with Gasteiger partial charge in [-0.3, -0.25) is 9.78 Å². The van der Waals surface area contributed by atoms with Crippen molar-refractivity contribution >= 4 is 29.0 Å². The predicted molar refractivity (Wildman–Crippen MR) is 105 cm³/mol. The lowest BCUT2D eigenvalue weighted by atomic mass is 10.1. The smallest absolute Gasteiger partial charge is 0.188 e. The molecule has 4 rings (SSSR count). The minimum atomic E-state index is -0.0818. The van der Waals surface area contributed by atoms with Crippen LogP contribution in [0.25, 0.3) is 22.9 Å². The highest BCUT2D eigenvalue weighted by Gasteiger charge is 2.10. The van der Waals surface area contributed by atoms with Crippen LogP contribution in [-0.2, 0) is 0 Å². The Morgan fingerprint density at radius 3 is 2.58 bits per heavy atom. The molecule has 2 aromatic heterocycles. The van der Waals surface area contributed by atoms with Crippen molar-refractivity contribution in [1.82, 2.24) is 9.38 Å². The molecule has 126 valence electrons. The van der Waals surface area contributed by atoms with Crippen LogP contribution in [0.1, 0.15) is 15.9 Å². The Balaban J connectivity index is 1.65. The van der Waals surface area contributed by atoms with E-state index < -0.39 is 0 Å². The highest BCUT2D eigenvalue weighted by molar-refractivity contribution is 6.32. The van der Waals surface area contributed by atoms with Crippen LogP contribution in [0.2, 0.25) is 5.02 Å². The van der Waals surface area contributed by atoms with Gasteiger partial charge in [-0.25, -0.2) is 0 Å². The molecule has 0 fully saturated rings. The number of nitrogens with zero attached hydrogens (tertiary/aromatic N) is 2. The van der Waals surface area contributed by atoms with E-state index in [9.17, 15) is 4.79 Å². The van der Waals surface area contributed by atoms with Crippen LogP contribution in [0.15, 0.2) is 85.3 Å². The zero-order valence-corrected chi connectivity index (χ0v) is 14.6. The van der Waals surface area contributed by atoms with Crippen LogP contribution in [0.5, 0.6) is 0 Å². The molecule has 0 aliphatic heterocycles. The summed E-state index contributed by atoms with van der Waals surface area (Å²) >= 11 is 6.13. The summed E-state index contributed by atoms with van der Waals surface area (Å²) in [6, 6.07) is 19.2. The first-order chi connectivity index (χ1) is 12.7. The second kappa shape index (κ2) is 6.98. The van der Waals surface area contributed by atoms with Gasteiger partial charge >= 0.3 is 0 Å². The van der Waals surface area contributed by atoms with E-state index in [1.807, 2.05) is 71.4 Å². The number of benzene rings is 2. The third-order valence-electron chi connectivity index (χ3n) is 4.20. The number of carbonyl (C=O) groups excluding carboxylic acids is 1. The number of hydrogen-bond donors (Lipinski definition) is 0. The second-order valence-corrected chi connectivity index (χ2v) is 6.29. The molecule has 2 heterocycles. The number of fused-ring (bicyclic) bond motifs is 1. The number of rotatable bonds is 4. The molecule has 3 nitrogen and oxygen atoms in total. The zero-order chi connectivity index (χ0) is 17.9. The molecule has 2 aromatic carbocycles. The van der Waals surface area contributed by atoms with Gasteiger partial charge in [-0.2, -0.15) is 0 Å². The van der Waals surface area contributed by atoms with Crippen LogP contribution >= 0.6 is 11.6 Å². The van der Waals surface area contributed by atoms with Crippen molar-refractivity contribution in [3.8, 4) is 11.3 Å². The van der Waals surface area contributed by atoms with Crippen LogP contribution in [0, 0.1) is 0 Å². The molecule has 0 amide bonds. The Morgan fingerprint density at radius 1 is 1.00 bits per heavy atom. The molecule has 0 aliphatic carbocycles. The van der Waals surface area contributed by atoms with Crippen molar-refractivity contribution in [2.24, 2.45) is 0 Å². The Labute approximate surface area is 156 Å². The Bertz CT molecular complexity index is 1110. The quantitative estimate of drug-likeness (QED) is 0.354. The lowest BCUT2D eigenvalue weighted by molar-refractivity contribution is 0.104. The van der Waals surface area contributed by atoms with E-state index in [0.717, 1.165) is 22.3 Å². The van der Waals surface area contributed by atoms with E-state index in [2.05, 4.69) is 4.98 Å². The number of ketones is 1. The minimum Gasteiger partial charge on any atom is -0.320 e. The molecular formula is C22H15ClN2O. The van der Waals surface area contributed by atoms with Crippen molar-refractivity contribution in [1.29, 1.82) is 0 Å². The van der Waals surface area contributed by atoms with Crippen LogP contribution in [-0.4, -0.2) is 15.2 Å². The summed E-state index contributed by atoms with van der Waals surface area (Å²) in [6.07, 6.45) is 8.82. The number of halogens is 1. The Morgan fingerprint density at radius 2 is 1.77 bits per heavy atom. The van der Waals surface area contributed by atoms with Crippen molar-refractivity contribution in [2.75, 3.05) is 0 Å². The average Bonchev–Trinajstić information content (AvgIpc) is 3.11. The first-order valence-electron chi connectivity index (χ1n) is 8.21. The van der Waals surface area contributed by atoms with Gasteiger partial charge in [0.25, 0.3) is 0 Å². The van der Waals surface area contributed by atoms with E-state index in [-0.39, 0.29) is 5.78 Å². The lowest BCUT2D eigenvalue weighted by Crippen LogP contribution is -1.96. The van der Waals surface area contributed by atoms with Gasteiger partial charge in [0.15, 0.2) is 5.78 Å². The molecular weight excluding hydrogens is 344 g/mol. The van der Waals surface area contributed by atoms with Gasteiger partial charge in [0.2, 0.25) is 0 Å². The van der Waals surface area contributed by atoms with Crippen LogP contribution in [0.3, 0.4) is 0 Å². The maximum absolute atomic E-state index is 12.6. The second-order valence-electron chi connectivity index (χ2n) is 5.88. The zero-order valence-electron chi connectivity index (χ0n) is 13.8. The average molecular weight is 359 g/mol. The van der Waals surface area contributed by atoms with Gasteiger partial charge in [-0.05, 0) is 29.8 Å². The molecule has 0 radical (unpaired) electrons. The number of aromatic nitrogens is 2. The standard InChI is InChI=1S/C22H15ClN2O/c23-19-9-5-4-6-16(19)10-11-22(26)18-12-13-25-15-20(24-14-21(18)25)17-7-2-1-3-8-17/h1-15H/b11-10+. The Hall–Kier alpha value is -3.17. The van der Waals surface area contributed by atoms with E-state index in [4.69, 9.17) is 11.6 Å². The van der Waals surface area contributed by atoms with Gasteiger partial charge in [-0.15, -0.1) is 0 Å². The van der Waals surface area contributed by atoms with Gasteiger partial charge in [0.05, 0.1) is 17.4 Å². The maximum atomic E-state index is 12.6. The third kappa shape index (κ3) is 3.17. The largest absolute Gasteiger partial charge is 0.320 e. The fourth-order valence-corrected chi connectivity index (χ4v) is 3.03. The SMILES string of the molecule is O=C(/C=C/c1ccccc1Cl)c1ccn2cc(-c3ccccc3)ncc12. The molecule has 0 saturated heterocycles. The predicted octanol–water partition coefficient (Wildman–Crippen LogP) is 5.55. The molecule has 4 heteroatoms. The molecule has 0 bridgehead atoms. The monoisotopic (exact) mass is 358 g/mol. The first kappa shape index (κ1) is 16.3. The van der Waals surface area contributed by atoms with E-state index >= 15 is 0 Å². The molecule has 0 spiro atoms. The normalized spacial score (nSPS) is 11.3. The molecule has 0 atom stereocenters. The van der Waals surface area contributed by atoms with E-state index in [1.165, 1.54) is 0 Å². The fraction of sp³-hybridized carbons (Fsp3) is 0. The van der Waals surface area contributed by atoms with Gasteiger partial charge in [-0.1, -0.05) is 60.1 Å². The number of hydrogen-bond acceptors (Lipinski definition) is 2. The summed E-state index contributed by atoms with van der Waals surface area (Å²) in [6.45, 7) is 0. The topological polar surface area (TPSA) is 34.4 Å². The van der Waals surface area contributed by atoms with Gasteiger partial charge in [0.1, 0.15) is 0 Å². The summed E-state index contributed by atoms with van der Waals surface area (Å²) in [5.74, 6) is -0.0818. The third-order valence-corrected chi connectivity index (χ3v) is 4.54. The highest BCUT2D eigenvalue weighted by Crippen LogP contribution is 2.21. The highest BCUT2D eigenvalue weighted by atomic mass is 35.5. The minimum absolute atomic E-state index is 0.0818.